The molecule has 0 radical (unpaired) electrons. The van der Waals surface area contributed by atoms with Crippen molar-refractivity contribution in [3.8, 4) is 5.75 Å². The average molecular weight is 342 g/mol. The molecule has 0 aromatic heterocycles. The van der Waals surface area contributed by atoms with Crippen molar-refractivity contribution in [1.29, 1.82) is 0 Å². The predicted molar refractivity (Wildman–Crippen MR) is 110 cm³/mol. The summed E-state index contributed by atoms with van der Waals surface area (Å²) in [6, 6.07) is 19.7. The molecule has 0 aliphatic carbocycles. The Balaban J connectivity index is 1.88. The van der Waals surface area contributed by atoms with Crippen LogP contribution in [0.2, 0.25) is 0 Å². The molecule has 0 saturated heterocycles. The minimum Gasteiger partial charge on any atom is -0.507 e. The standard InChI is InChI=1S/C23H22N2O/c1-16-4-8-21(9-5-16)24-14-19-12-18(3)13-20(23(19)26)15-25-22-10-6-17(2)7-11-22/h4-15,26H,1-3H3. The molecule has 26 heavy (non-hydrogen) atoms. The molecule has 0 spiro atoms. The molecule has 0 saturated carbocycles. The van der Waals surface area contributed by atoms with Crippen molar-refractivity contribution in [2.75, 3.05) is 0 Å². The Morgan fingerprint density at radius 3 is 1.38 bits per heavy atom. The zero-order chi connectivity index (χ0) is 18.5. The van der Waals surface area contributed by atoms with E-state index < -0.39 is 0 Å². The van der Waals surface area contributed by atoms with E-state index in [9.17, 15) is 5.11 Å². The number of phenols is 1. The Morgan fingerprint density at radius 2 is 1.00 bits per heavy atom. The molecule has 0 unspecified atom stereocenters. The van der Waals surface area contributed by atoms with Gasteiger partial charge in [0, 0.05) is 23.6 Å². The molecule has 3 rings (SSSR count). The number of aliphatic imine (C=N–C) groups is 2. The number of aryl methyl sites for hydroxylation is 3. The van der Waals surface area contributed by atoms with Gasteiger partial charge in [-0.1, -0.05) is 35.4 Å². The van der Waals surface area contributed by atoms with E-state index in [0.29, 0.717) is 11.1 Å². The molecule has 3 aromatic carbocycles. The minimum absolute atomic E-state index is 0.183. The first-order valence-electron chi connectivity index (χ1n) is 8.56. The first kappa shape index (κ1) is 17.6. The van der Waals surface area contributed by atoms with E-state index in [1.165, 1.54) is 11.1 Å². The minimum atomic E-state index is 0.183. The summed E-state index contributed by atoms with van der Waals surface area (Å²) >= 11 is 0. The second kappa shape index (κ2) is 7.79. The average Bonchev–Trinajstić information content (AvgIpc) is 2.63. The SMILES string of the molecule is Cc1ccc(N=Cc2cc(C)cc(C=Nc3ccc(C)cc3)c2O)cc1. The van der Waals surface area contributed by atoms with Crippen LogP contribution in [0.25, 0.3) is 0 Å². The number of benzene rings is 3. The van der Waals surface area contributed by atoms with Gasteiger partial charge < -0.3 is 5.11 Å². The Morgan fingerprint density at radius 1 is 0.615 bits per heavy atom. The molecule has 130 valence electrons. The summed E-state index contributed by atoms with van der Waals surface area (Å²) in [5.41, 5.74) is 6.48. The first-order valence-corrected chi connectivity index (χ1v) is 8.56. The van der Waals surface area contributed by atoms with Crippen molar-refractivity contribution < 1.29 is 5.11 Å². The highest BCUT2D eigenvalue weighted by molar-refractivity contribution is 5.93. The maximum absolute atomic E-state index is 10.6. The van der Waals surface area contributed by atoms with Crippen LogP contribution >= 0.6 is 0 Å². The summed E-state index contributed by atoms with van der Waals surface area (Å²) in [5, 5.41) is 10.6. The van der Waals surface area contributed by atoms with Crippen LogP contribution in [-0.2, 0) is 0 Å². The molecule has 0 aliphatic rings. The van der Waals surface area contributed by atoms with Gasteiger partial charge in [-0.15, -0.1) is 0 Å². The van der Waals surface area contributed by atoms with Gasteiger partial charge in [-0.05, 0) is 62.7 Å². The third kappa shape index (κ3) is 4.45. The topological polar surface area (TPSA) is 45.0 Å². The van der Waals surface area contributed by atoms with Gasteiger partial charge in [0.2, 0.25) is 0 Å². The van der Waals surface area contributed by atoms with E-state index >= 15 is 0 Å². The summed E-state index contributed by atoms with van der Waals surface area (Å²) in [5.74, 6) is 0.183. The van der Waals surface area contributed by atoms with Crippen molar-refractivity contribution in [3.05, 3.63) is 88.5 Å². The predicted octanol–water partition coefficient (Wildman–Crippen LogP) is 5.82. The van der Waals surface area contributed by atoms with E-state index in [4.69, 9.17) is 0 Å². The van der Waals surface area contributed by atoms with Crippen LogP contribution in [0, 0.1) is 20.8 Å². The zero-order valence-electron chi connectivity index (χ0n) is 15.3. The Labute approximate surface area is 154 Å². The lowest BCUT2D eigenvalue weighted by molar-refractivity contribution is 0.473. The number of aromatic hydroxyl groups is 1. The number of hydrogen-bond acceptors (Lipinski definition) is 3. The maximum atomic E-state index is 10.6. The van der Waals surface area contributed by atoms with Crippen LogP contribution in [0.3, 0.4) is 0 Å². The van der Waals surface area contributed by atoms with Gasteiger partial charge >= 0.3 is 0 Å². The van der Waals surface area contributed by atoms with Crippen LogP contribution in [0.4, 0.5) is 11.4 Å². The van der Waals surface area contributed by atoms with E-state index in [1.807, 2.05) is 81.4 Å². The van der Waals surface area contributed by atoms with E-state index in [1.54, 1.807) is 12.4 Å². The number of hydrogen-bond donors (Lipinski definition) is 1. The third-order valence-corrected chi connectivity index (χ3v) is 4.09. The molecule has 0 fully saturated rings. The summed E-state index contributed by atoms with van der Waals surface area (Å²) in [6.45, 7) is 6.07. The molecule has 3 aromatic rings. The lowest BCUT2D eigenvalue weighted by Crippen LogP contribution is -1.91. The lowest BCUT2D eigenvalue weighted by atomic mass is 10.1. The molecular weight excluding hydrogens is 320 g/mol. The molecular formula is C23H22N2O. The van der Waals surface area contributed by atoms with Gasteiger partial charge in [0.05, 0.1) is 11.4 Å². The van der Waals surface area contributed by atoms with Crippen molar-refractivity contribution in [1.82, 2.24) is 0 Å². The summed E-state index contributed by atoms with van der Waals surface area (Å²) in [7, 11) is 0. The fraction of sp³-hybridized carbons (Fsp3) is 0.130. The van der Waals surface area contributed by atoms with Gasteiger partial charge in [-0.2, -0.15) is 0 Å². The summed E-state index contributed by atoms with van der Waals surface area (Å²) < 4.78 is 0. The van der Waals surface area contributed by atoms with Gasteiger partial charge in [0.1, 0.15) is 5.75 Å². The van der Waals surface area contributed by atoms with E-state index in [2.05, 4.69) is 9.98 Å². The molecule has 1 N–H and O–H groups in total. The van der Waals surface area contributed by atoms with Crippen LogP contribution in [0.1, 0.15) is 27.8 Å². The lowest BCUT2D eigenvalue weighted by Gasteiger charge is -2.05. The highest BCUT2D eigenvalue weighted by Crippen LogP contribution is 2.24. The third-order valence-electron chi connectivity index (χ3n) is 4.09. The van der Waals surface area contributed by atoms with Gasteiger partial charge in [0.15, 0.2) is 0 Å². The molecule has 0 amide bonds. The normalized spacial score (nSPS) is 11.5. The van der Waals surface area contributed by atoms with Crippen molar-refractivity contribution in [3.63, 3.8) is 0 Å². The van der Waals surface area contributed by atoms with Crippen LogP contribution in [-0.4, -0.2) is 17.5 Å². The highest BCUT2D eigenvalue weighted by atomic mass is 16.3. The van der Waals surface area contributed by atoms with Gasteiger partial charge in [-0.25, -0.2) is 0 Å². The largest absolute Gasteiger partial charge is 0.507 e. The van der Waals surface area contributed by atoms with E-state index in [0.717, 1.165) is 16.9 Å². The monoisotopic (exact) mass is 342 g/mol. The fourth-order valence-corrected chi connectivity index (χ4v) is 2.58. The molecule has 0 bridgehead atoms. The first-order chi connectivity index (χ1) is 12.5. The van der Waals surface area contributed by atoms with Gasteiger partial charge in [-0.3, -0.25) is 9.98 Å². The number of rotatable bonds is 4. The summed E-state index contributed by atoms with van der Waals surface area (Å²) in [4.78, 5) is 8.92. The smallest absolute Gasteiger partial charge is 0.133 e. The molecule has 3 nitrogen and oxygen atoms in total. The van der Waals surface area contributed by atoms with Gasteiger partial charge in [0.25, 0.3) is 0 Å². The maximum Gasteiger partial charge on any atom is 0.133 e. The van der Waals surface area contributed by atoms with Crippen molar-refractivity contribution in [2.24, 2.45) is 9.98 Å². The fourth-order valence-electron chi connectivity index (χ4n) is 2.58. The number of phenolic OH excluding ortho intramolecular Hbond substituents is 1. The molecule has 3 heteroatoms. The number of nitrogens with zero attached hydrogens (tertiary/aromatic N) is 2. The zero-order valence-corrected chi connectivity index (χ0v) is 15.3. The Hall–Kier alpha value is -3.20. The quantitative estimate of drug-likeness (QED) is 0.597. The highest BCUT2D eigenvalue weighted by Gasteiger charge is 2.06. The molecule has 0 atom stereocenters. The summed E-state index contributed by atoms with van der Waals surface area (Å²) in [6.07, 6.45) is 3.38. The molecule has 0 aliphatic heterocycles. The van der Waals surface area contributed by atoms with Crippen molar-refractivity contribution >= 4 is 23.8 Å². The van der Waals surface area contributed by atoms with Crippen LogP contribution in [0.15, 0.2) is 70.6 Å². The molecule has 0 heterocycles. The Kier molecular flexibility index (Phi) is 5.28. The van der Waals surface area contributed by atoms with E-state index in [-0.39, 0.29) is 5.75 Å². The second-order valence-corrected chi connectivity index (χ2v) is 6.48. The Bertz CT molecular complexity index is 876. The van der Waals surface area contributed by atoms with Crippen molar-refractivity contribution in [2.45, 2.75) is 20.8 Å². The second-order valence-electron chi connectivity index (χ2n) is 6.48. The van der Waals surface area contributed by atoms with Crippen LogP contribution < -0.4 is 0 Å². The van der Waals surface area contributed by atoms with Crippen LogP contribution in [0.5, 0.6) is 5.75 Å².